The van der Waals surface area contributed by atoms with Gasteiger partial charge in [-0.05, 0) is 36.7 Å². The molecule has 2 aliphatic heterocycles. The number of rotatable bonds is 4. The highest BCUT2D eigenvalue weighted by atomic mass is 32.2. The Labute approximate surface area is 117 Å². The Bertz CT molecular complexity index is 428. The maximum absolute atomic E-state index is 5.78. The first-order valence-electron chi connectivity index (χ1n) is 6.89. The molecule has 1 aromatic heterocycles. The van der Waals surface area contributed by atoms with Gasteiger partial charge >= 0.3 is 0 Å². The average Bonchev–Trinajstić information content (AvgIpc) is 3.09. The molecule has 6 nitrogen and oxygen atoms in total. The summed E-state index contributed by atoms with van der Waals surface area (Å²) in [6, 6.07) is 0. The van der Waals surface area contributed by atoms with E-state index in [4.69, 9.17) is 5.73 Å². The highest BCUT2D eigenvalue weighted by Gasteiger charge is 2.18. The number of aromatic nitrogens is 3. The van der Waals surface area contributed by atoms with Gasteiger partial charge in [-0.25, -0.2) is 0 Å². The van der Waals surface area contributed by atoms with Crippen LogP contribution in [-0.2, 0) is 0 Å². The van der Waals surface area contributed by atoms with E-state index >= 15 is 0 Å². The molecule has 0 saturated carbocycles. The van der Waals surface area contributed by atoms with Crippen LogP contribution in [0.3, 0.4) is 0 Å². The van der Waals surface area contributed by atoms with Crippen molar-refractivity contribution in [2.45, 2.75) is 19.3 Å². The quantitative estimate of drug-likeness (QED) is 0.858. The van der Waals surface area contributed by atoms with Gasteiger partial charge in [-0.3, -0.25) is 0 Å². The Kier molecular flexibility index (Phi) is 3.91. The Hall–Kier alpha value is -1.24. The summed E-state index contributed by atoms with van der Waals surface area (Å²) in [5.41, 5.74) is 5.78. The summed E-state index contributed by atoms with van der Waals surface area (Å²) >= 11 is 2.02. The predicted octanol–water partition coefficient (Wildman–Crippen LogP) is 1.22. The Morgan fingerprint density at radius 3 is 2.84 bits per heavy atom. The minimum Gasteiger partial charge on any atom is -0.368 e. The van der Waals surface area contributed by atoms with Gasteiger partial charge in [0.05, 0.1) is 0 Å². The van der Waals surface area contributed by atoms with E-state index in [9.17, 15) is 0 Å². The molecule has 0 spiro atoms. The lowest BCUT2D eigenvalue weighted by molar-refractivity contribution is 0.628. The summed E-state index contributed by atoms with van der Waals surface area (Å²) < 4.78 is 0. The van der Waals surface area contributed by atoms with Crippen molar-refractivity contribution in [3.05, 3.63) is 0 Å². The van der Waals surface area contributed by atoms with Crippen molar-refractivity contribution in [3.8, 4) is 0 Å². The average molecular weight is 280 g/mol. The van der Waals surface area contributed by atoms with Crippen LogP contribution in [0.25, 0.3) is 0 Å². The lowest BCUT2D eigenvalue weighted by Gasteiger charge is -2.16. The number of hydrogen-bond acceptors (Lipinski definition) is 7. The fourth-order valence-electron chi connectivity index (χ4n) is 2.50. The van der Waals surface area contributed by atoms with Crippen LogP contribution in [0.1, 0.15) is 19.3 Å². The van der Waals surface area contributed by atoms with E-state index in [1.807, 2.05) is 11.8 Å². The summed E-state index contributed by atoms with van der Waals surface area (Å²) in [4.78, 5) is 15.1. The molecule has 1 atom stereocenters. The highest BCUT2D eigenvalue weighted by molar-refractivity contribution is 7.99. The van der Waals surface area contributed by atoms with Crippen molar-refractivity contribution >= 4 is 29.6 Å². The van der Waals surface area contributed by atoms with Crippen molar-refractivity contribution < 1.29 is 0 Å². The number of nitrogens with two attached hydrogens (primary N) is 1. The molecule has 2 saturated heterocycles. The molecule has 19 heavy (non-hydrogen) atoms. The lowest BCUT2D eigenvalue weighted by Crippen LogP contribution is -2.23. The summed E-state index contributed by atoms with van der Waals surface area (Å²) in [5.74, 6) is 4.86. The minimum absolute atomic E-state index is 0.306. The molecule has 3 rings (SSSR count). The molecule has 0 bridgehead atoms. The topological polar surface area (TPSA) is 80.0 Å². The van der Waals surface area contributed by atoms with E-state index in [1.165, 1.54) is 30.8 Å². The minimum atomic E-state index is 0.306. The van der Waals surface area contributed by atoms with E-state index in [1.54, 1.807) is 0 Å². The molecule has 2 aliphatic rings. The van der Waals surface area contributed by atoms with Crippen LogP contribution in [-0.4, -0.2) is 46.1 Å². The molecule has 2 fully saturated rings. The Morgan fingerprint density at radius 1 is 1.26 bits per heavy atom. The number of nitrogen functional groups attached to an aromatic ring is 1. The number of nitrogens with zero attached hydrogens (tertiary/aromatic N) is 4. The standard InChI is InChI=1S/C12H20N6S/c13-10-15-11(14-7-9-3-6-19-8-9)17-12(16-10)18-4-1-2-5-18/h9H,1-8H2,(H3,13,14,15,16,17). The molecule has 0 aliphatic carbocycles. The molecule has 1 aromatic rings. The van der Waals surface area contributed by atoms with E-state index < -0.39 is 0 Å². The molecule has 104 valence electrons. The fourth-order valence-corrected chi connectivity index (χ4v) is 3.78. The van der Waals surface area contributed by atoms with Gasteiger partial charge in [-0.15, -0.1) is 0 Å². The summed E-state index contributed by atoms with van der Waals surface area (Å²) in [7, 11) is 0. The van der Waals surface area contributed by atoms with Crippen molar-refractivity contribution in [1.82, 2.24) is 15.0 Å². The zero-order chi connectivity index (χ0) is 13.1. The second kappa shape index (κ2) is 5.81. The van der Waals surface area contributed by atoms with Gasteiger partial charge < -0.3 is 16.0 Å². The molecular formula is C12H20N6S. The van der Waals surface area contributed by atoms with Gasteiger partial charge in [-0.1, -0.05) is 0 Å². The van der Waals surface area contributed by atoms with E-state index in [2.05, 4.69) is 25.2 Å². The monoisotopic (exact) mass is 280 g/mol. The fraction of sp³-hybridized carbons (Fsp3) is 0.750. The third-order valence-corrected chi connectivity index (χ3v) is 4.83. The molecule has 0 radical (unpaired) electrons. The van der Waals surface area contributed by atoms with E-state index in [-0.39, 0.29) is 0 Å². The van der Waals surface area contributed by atoms with Gasteiger partial charge in [0.2, 0.25) is 17.8 Å². The van der Waals surface area contributed by atoms with E-state index in [0.29, 0.717) is 17.8 Å². The summed E-state index contributed by atoms with van der Waals surface area (Å²) in [6.07, 6.45) is 3.68. The van der Waals surface area contributed by atoms with Crippen molar-refractivity contribution in [3.63, 3.8) is 0 Å². The van der Waals surface area contributed by atoms with Gasteiger partial charge in [-0.2, -0.15) is 26.7 Å². The first-order chi connectivity index (χ1) is 9.31. The SMILES string of the molecule is Nc1nc(NCC2CCSC2)nc(N2CCCC2)n1. The van der Waals surface area contributed by atoms with E-state index in [0.717, 1.165) is 25.6 Å². The maximum atomic E-state index is 5.78. The zero-order valence-corrected chi connectivity index (χ0v) is 11.8. The summed E-state index contributed by atoms with van der Waals surface area (Å²) in [5, 5.41) is 3.31. The van der Waals surface area contributed by atoms with Crippen LogP contribution < -0.4 is 16.0 Å². The zero-order valence-electron chi connectivity index (χ0n) is 11.0. The van der Waals surface area contributed by atoms with Crippen LogP contribution in [0.5, 0.6) is 0 Å². The molecule has 3 N–H and O–H groups in total. The number of thioether (sulfide) groups is 1. The maximum Gasteiger partial charge on any atom is 0.231 e. The van der Waals surface area contributed by atoms with Crippen molar-refractivity contribution in [2.24, 2.45) is 5.92 Å². The number of hydrogen-bond donors (Lipinski definition) is 2. The molecule has 3 heterocycles. The number of nitrogens with one attached hydrogen (secondary N) is 1. The third-order valence-electron chi connectivity index (χ3n) is 3.60. The first-order valence-corrected chi connectivity index (χ1v) is 8.05. The van der Waals surface area contributed by atoms with Crippen LogP contribution in [0, 0.1) is 5.92 Å². The first kappa shape index (κ1) is 12.8. The third kappa shape index (κ3) is 3.20. The van der Waals surface area contributed by atoms with Crippen LogP contribution in [0.4, 0.5) is 17.8 Å². The van der Waals surface area contributed by atoms with Crippen LogP contribution in [0.15, 0.2) is 0 Å². The Balaban J connectivity index is 1.66. The second-order valence-electron chi connectivity index (χ2n) is 5.12. The lowest BCUT2D eigenvalue weighted by atomic mass is 10.1. The number of anilines is 3. The van der Waals surface area contributed by atoms with Gasteiger partial charge in [0.15, 0.2) is 0 Å². The molecule has 1 unspecified atom stereocenters. The molecule has 0 aromatic carbocycles. The molecular weight excluding hydrogens is 260 g/mol. The van der Waals surface area contributed by atoms with Crippen molar-refractivity contribution in [1.29, 1.82) is 0 Å². The smallest absolute Gasteiger partial charge is 0.231 e. The highest BCUT2D eigenvalue weighted by Crippen LogP contribution is 2.23. The van der Waals surface area contributed by atoms with Gasteiger partial charge in [0.25, 0.3) is 0 Å². The van der Waals surface area contributed by atoms with Crippen LogP contribution in [0.2, 0.25) is 0 Å². The molecule has 7 heteroatoms. The van der Waals surface area contributed by atoms with Gasteiger partial charge in [0, 0.05) is 19.6 Å². The Morgan fingerprint density at radius 2 is 2.11 bits per heavy atom. The summed E-state index contributed by atoms with van der Waals surface area (Å²) in [6.45, 7) is 2.96. The predicted molar refractivity (Wildman–Crippen MR) is 79.6 cm³/mol. The van der Waals surface area contributed by atoms with Crippen LogP contribution >= 0.6 is 11.8 Å². The van der Waals surface area contributed by atoms with Gasteiger partial charge in [0.1, 0.15) is 0 Å². The van der Waals surface area contributed by atoms with Crippen molar-refractivity contribution in [2.75, 3.05) is 47.1 Å². The second-order valence-corrected chi connectivity index (χ2v) is 6.27. The normalized spacial score (nSPS) is 22.9. The largest absolute Gasteiger partial charge is 0.368 e. The molecule has 0 amide bonds.